The number of nitrogens with one attached hydrogen (secondary N) is 1. The Morgan fingerprint density at radius 2 is 1.77 bits per heavy atom. The van der Waals surface area contributed by atoms with E-state index in [4.69, 9.17) is 11.6 Å². The van der Waals surface area contributed by atoms with Crippen LogP contribution in [0.2, 0.25) is 5.02 Å². The second-order valence-electron chi connectivity index (χ2n) is 7.86. The zero-order chi connectivity index (χ0) is 21.8. The van der Waals surface area contributed by atoms with Gasteiger partial charge in [-0.05, 0) is 60.4 Å². The minimum absolute atomic E-state index is 0.102. The van der Waals surface area contributed by atoms with Crippen molar-refractivity contribution in [2.45, 2.75) is 25.4 Å². The van der Waals surface area contributed by atoms with Gasteiger partial charge in [0.1, 0.15) is 11.6 Å². The number of amides is 1. The minimum atomic E-state index is -0.581. The number of carbonyl (C=O) groups excluding carboxylic acids is 1. The van der Waals surface area contributed by atoms with E-state index >= 15 is 0 Å². The molecule has 3 aromatic rings. The zero-order valence-corrected chi connectivity index (χ0v) is 17.7. The maximum Gasteiger partial charge on any atom is 0.251 e. The third-order valence-corrected chi connectivity index (χ3v) is 5.82. The first kappa shape index (κ1) is 21.5. The van der Waals surface area contributed by atoms with Crippen LogP contribution < -0.4 is 5.32 Å². The molecule has 1 fully saturated rings. The summed E-state index contributed by atoms with van der Waals surface area (Å²) in [6.45, 7) is 2.46. The quantitative estimate of drug-likeness (QED) is 0.553. The van der Waals surface area contributed by atoms with Gasteiger partial charge < -0.3 is 5.32 Å². The molecule has 0 radical (unpaired) electrons. The minimum Gasteiger partial charge on any atom is -0.349 e. The SMILES string of the molecule is O=C(NC1CCN(Cc2cccc(-c3ccc(F)cc3F)c2)CC1)c1cccc(Cl)c1. The molecule has 0 aromatic heterocycles. The predicted octanol–water partition coefficient (Wildman–Crippen LogP) is 5.68. The molecule has 4 rings (SSSR count). The molecule has 0 atom stereocenters. The van der Waals surface area contributed by atoms with E-state index in [2.05, 4.69) is 10.2 Å². The summed E-state index contributed by atoms with van der Waals surface area (Å²) in [6, 6.07) is 18.4. The van der Waals surface area contributed by atoms with Gasteiger partial charge in [-0.25, -0.2) is 8.78 Å². The molecule has 3 nitrogen and oxygen atoms in total. The Balaban J connectivity index is 1.33. The fourth-order valence-corrected chi connectivity index (χ4v) is 4.14. The van der Waals surface area contributed by atoms with Gasteiger partial charge in [0.2, 0.25) is 0 Å². The molecule has 0 unspecified atom stereocenters. The summed E-state index contributed by atoms with van der Waals surface area (Å²) < 4.78 is 27.3. The number of nitrogens with zero attached hydrogens (tertiary/aromatic N) is 1. The number of hydrogen-bond donors (Lipinski definition) is 1. The van der Waals surface area contributed by atoms with Crippen LogP contribution in [-0.4, -0.2) is 29.9 Å². The van der Waals surface area contributed by atoms with Gasteiger partial charge in [-0.15, -0.1) is 0 Å². The van der Waals surface area contributed by atoms with Gasteiger partial charge >= 0.3 is 0 Å². The van der Waals surface area contributed by atoms with Crippen molar-refractivity contribution in [3.63, 3.8) is 0 Å². The molecule has 0 saturated carbocycles. The van der Waals surface area contributed by atoms with E-state index in [9.17, 15) is 13.6 Å². The standard InChI is InChI=1S/C25H23ClF2N2O/c26-20-6-2-5-19(14-20)25(31)29-22-9-11-30(12-10-22)16-17-3-1-4-18(13-17)23-8-7-21(27)15-24(23)28/h1-8,13-15,22H,9-12,16H2,(H,29,31). The van der Waals surface area contributed by atoms with Crippen LogP contribution in [-0.2, 0) is 6.54 Å². The molecule has 0 bridgehead atoms. The number of carbonyl (C=O) groups is 1. The number of rotatable bonds is 5. The van der Waals surface area contributed by atoms with Gasteiger partial charge in [0.15, 0.2) is 0 Å². The molecule has 6 heteroatoms. The Labute approximate surface area is 185 Å². The lowest BCUT2D eigenvalue weighted by atomic mass is 10.0. The topological polar surface area (TPSA) is 32.3 Å². The largest absolute Gasteiger partial charge is 0.349 e. The van der Waals surface area contributed by atoms with E-state index in [1.165, 1.54) is 12.1 Å². The monoisotopic (exact) mass is 440 g/mol. The van der Waals surface area contributed by atoms with Gasteiger partial charge in [-0.3, -0.25) is 9.69 Å². The number of halogens is 3. The molecule has 1 heterocycles. The Bertz CT molecular complexity index is 1080. The van der Waals surface area contributed by atoms with Crippen LogP contribution in [0.15, 0.2) is 66.7 Å². The van der Waals surface area contributed by atoms with Gasteiger partial charge in [-0.2, -0.15) is 0 Å². The Morgan fingerprint density at radius 1 is 1.00 bits per heavy atom. The maximum atomic E-state index is 14.1. The van der Waals surface area contributed by atoms with Crippen molar-refractivity contribution in [3.8, 4) is 11.1 Å². The van der Waals surface area contributed by atoms with Gasteiger partial charge in [0.05, 0.1) is 0 Å². The van der Waals surface area contributed by atoms with E-state index in [-0.39, 0.29) is 11.9 Å². The average Bonchev–Trinajstić information content (AvgIpc) is 2.75. The first-order chi connectivity index (χ1) is 15.0. The maximum absolute atomic E-state index is 14.1. The van der Waals surface area contributed by atoms with Crippen molar-refractivity contribution in [1.29, 1.82) is 0 Å². The first-order valence-corrected chi connectivity index (χ1v) is 10.7. The van der Waals surface area contributed by atoms with Crippen molar-refractivity contribution in [2.75, 3.05) is 13.1 Å². The lowest BCUT2D eigenvalue weighted by molar-refractivity contribution is 0.0909. The molecule has 1 aliphatic heterocycles. The van der Waals surface area contributed by atoms with E-state index in [1.54, 1.807) is 24.3 Å². The molecule has 1 aliphatic rings. The van der Waals surface area contributed by atoms with Crippen LogP contribution in [0.3, 0.4) is 0 Å². The van der Waals surface area contributed by atoms with E-state index in [1.807, 2.05) is 24.3 Å². The molecule has 31 heavy (non-hydrogen) atoms. The zero-order valence-electron chi connectivity index (χ0n) is 17.0. The van der Waals surface area contributed by atoms with Crippen molar-refractivity contribution in [1.82, 2.24) is 10.2 Å². The fourth-order valence-electron chi connectivity index (χ4n) is 3.95. The summed E-state index contributed by atoms with van der Waals surface area (Å²) in [4.78, 5) is 14.7. The van der Waals surface area contributed by atoms with Crippen LogP contribution >= 0.6 is 11.6 Å². The highest BCUT2D eigenvalue weighted by Crippen LogP contribution is 2.25. The van der Waals surface area contributed by atoms with Crippen LogP contribution in [0.5, 0.6) is 0 Å². The van der Waals surface area contributed by atoms with E-state index < -0.39 is 11.6 Å². The number of benzene rings is 3. The molecule has 160 valence electrons. The summed E-state index contributed by atoms with van der Waals surface area (Å²) in [5.41, 5.74) is 2.77. The molecule has 0 spiro atoms. The predicted molar refractivity (Wildman–Crippen MR) is 119 cm³/mol. The van der Waals surface area contributed by atoms with Crippen molar-refractivity contribution < 1.29 is 13.6 Å². The molecular weight excluding hydrogens is 418 g/mol. The normalized spacial score (nSPS) is 15.1. The third kappa shape index (κ3) is 5.49. The van der Waals surface area contributed by atoms with Crippen molar-refractivity contribution >= 4 is 17.5 Å². The third-order valence-electron chi connectivity index (χ3n) is 5.58. The van der Waals surface area contributed by atoms with Crippen molar-refractivity contribution in [3.05, 3.63) is 94.5 Å². The van der Waals surface area contributed by atoms with Gasteiger partial charge in [0.25, 0.3) is 5.91 Å². The second-order valence-corrected chi connectivity index (χ2v) is 8.30. The van der Waals surface area contributed by atoms with Crippen LogP contribution in [0.25, 0.3) is 11.1 Å². The van der Waals surface area contributed by atoms with Gasteiger partial charge in [0, 0.05) is 47.9 Å². The molecule has 3 aromatic carbocycles. The fraction of sp³-hybridized carbons (Fsp3) is 0.240. The van der Waals surface area contributed by atoms with Crippen LogP contribution in [0.4, 0.5) is 8.78 Å². The lowest BCUT2D eigenvalue weighted by Gasteiger charge is -2.32. The second kappa shape index (κ2) is 9.58. The first-order valence-electron chi connectivity index (χ1n) is 10.3. The summed E-state index contributed by atoms with van der Waals surface area (Å²) in [7, 11) is 0. The summed E-state index contributed by atoms with van der Waals surface area (Å²) in [5.74, 6) is -1.24. The van der Waals surface area contributed by atoms with E-state index in [0.29, 0.717) is 16.1 Å². The molecule has 1 amide bonds. The lowest BCUT2D eigenvalue weighted by Crippen LogP contribution is -2.44. The highest BCUT2D eigenvalue weighted by molar-refractivity contribution is 6.30. The Hall–Kier alpha value is -2.76. The number of hydrogen-bond acceptors (Lipinski definition) is 2. The summed E-state index contributed by atoms with van der Waals surface area (Å²) >= 11 is 5.97. The average molecular weight is 441 g/mol. The molecule has 1 saturated heterocycles. The van der Waals surface area contributed by atoms with Gasteiger partial charge in [-0.1, -0.05) is 35.9 Å². The number of likely N-dealkylation sites (tertiary alicyclic amines) is 1. The molecule has 1 N–H and O–H groups in total. The van der Waals surface area contributed by atoms with Crippen LogP contribution in [0, 0.1) is 11.6 Å². The van der Waals surface area contributed by atoms with Crippen molar-refractivity contribution in [2.24, 2.45) is 0 Å². The highest BCUT2D eigenvalue weighted by Gasteiger charge is 2.21. The molecular formula is C25H23ClF2N2O. The summed E-state index contributed by atoms with van der Waals surface area (Å²) in [5, 5.41) is 3.64. The highest BCUT2D eigenvalue weighted by atomic mass is 35.5. The smallest absolute Gasteiger partial charge is 0.251 e. The van der Waals surface area contributed by atoms with Crippen LogP contribution in [0.1, 0.15) is 28.8 Å². The Morgan fingerprint density at radius 3 is 2.52 bits per heavy atom. The number of piperidine rings is 1. The van der Waals surface area contributed by atoms with E-state index in [0.717, 1.165) is 49.7 Å². The summed E-state index contributed by atoms with van der Waals surface area (Å²) in [6.07, 6.45) is 1.72. The Kier molecular flexibility index (Phi) is 6.64. The molecule has 0 aliphatic carbocycles.